The third-order valence-corrected chi connectivity index (χ3v) is 4.77. The van der Waals surface area contributed by atoms with Crippen LogP contribution in [-0.4, -0.2) is 30.4 Å². The molecule has 0 fully saturated rings. The lowest BCUT2D eigenvalue weighted by atomic mass is 10.1. The minimum absolute atomic E-state index is 0.0957. The number of halogens is 1. The summed E-state index contributed by atoms with van der Waals surface area (Å²) in [5.41, 5.74) is 1.70. The van der Waals surface area contributed by atoms with E-state index in [2.05, 4.69) is 4.98 Å². The SMILES string of the molecule is C/C(=C\n1c(C)nc2c1c(=O)n(CCCO)c(=O)n2C)c1ccc(Cl)cc1. The maximum absolute atomic E-state index is 13.0. The number of hydrogen-bond donors (Lipinski definition) is 1. The largest absolute Gasteiger partial charge is 0.396 e. The molecule has 0 unspecified atom stereocenters. The van der Waals surface area contributed by atoms with Crippen LogP contribution in [0.5, 0.6) is 0 Å². The second kappa shape index (κ2) is 7.54. The maximum Gasteiger partial charge on any atom is 0.332 e. The second-order valence-electron chi connectivity index (χ2n) is 6.40. The number of aryl methyl sites for hydroxylation is 2. The van der Waals surface area contributed by atoms with Crippen molar-refractivity contribution >= 4 is 34.5 Å². The van der Waals surface area contributed by atoms with Gasteiger partial charge in [-0.2, -0.15) is 0 Å². The lowest BCUT2D eigenvalue weighted by Crippen LogP contribution is -2.39. The van der Waals surface area contributed by atoms with Crippen LogP contribution in [0.4, 0.5) is 0 Å². The monoisotopic (exact) mass is 388 g/mol. The molecule has 0 saturated carbocycles. The van der Waals surface area contributed by atoms with Gasteiger partial charge < -0.3 is 5.11 Å². The molecule has 1 aromatic carbocycles. The zero-order valence-electron chi connectivity index (χ0n) is 15.4. The molecule has 2 aromatic heterocycles. The summed E-state index contributed by atoms with van der Waals surface area (Å²) in [6.45, 7) is 3.78. The maximum atomic E-state index is 13.0. The molecular weight excluding hydrogens is 368 g/mol. The van der Waals surface area contributed by atoms with Gasteiger partial charge in [-0.15, -0.1) is 0 Å². The number of rotatable bonds is 5. The number of aliphatic hydroxyl groups excluding tert-OH is 1. The van der Waals surface area contributed by atoms with Crippen molar-refractivity contribution in [3.63, 3.8) is 0 Å². The fourth-order valence-electron chi connectivity index (χ4n) is 3.01. The third-order valence-electron chi connectivity index (χ3n) is 4.51. The van der Waals surface area contributed by atoms with E-state index in [0.29, 0.717) is 28.4 Å². The number of hydrogen-bond acceptors (Lipinski definition) is 4. The van der Waals surface area contributed by atoms with Crippen molar-refractivity contribution in [3.05, 3.63) is 61.5 Å². The van der Waals surface area contributed by atoms with Crippen molar-refractivity contribution in [1.82, 2.24) is 18.7 Å². The molecule has 0 aliphatic heterocycles. The van der Waals surface area contributed by atoms with Gasteiger partial charge >= 0.3 is 5.69 Å². The highest BCUT2D eigenvalue weighted by Gasteiger charge is 2.17. The molecule has 3 aromatic rings. The Kier molecular flexibility index (Phi) is 5.34. The van der Waals surface area contributed by atoms with E-state index in [1.54, 1.807) is 30.7 Å². The molecule has 0 amide bonds. The van der Waals surface area contributed by atoms with Crippen LogP contribution in [0.3, 0.4) is 0 Å². The van der Waals surface area contributed by atoms with Crippen LogP contribution in [0, 0.1) is 6.92 Å². The predicted molar refractivity (Wildman–Crippen MR) is 107 cm³/mol. The standard InChI is InChI=1S/C19H21ClN4O3/c1-12(14-5-7-15(20)8-6-14)11-24-13(2)21-17-16(24)18(26)23(9-4-10-25)19(27)22(17)3/h5-8,11,25H,4,9-10H2,1-3H3/b12-11+. The molecule has 1 N–H and O–H groups in total. The van der Waals surface area contributed by atoms with Crippen molar-refractivity contribution < 1.29 is 5.11 Å². The van der Waals surface area contributed by atoms with Crippen molar-refractivity contribution in [1.29, 1.82) is 0 Å². The minimum atomic E-state index is -0.441. The molecule has 2 heterocycles. The smallest absolute Gasteiger partial charge is 0.332 e. The van der Waals surface area contributed by atoms with Gasteiger partial charge in [0, 0.05) is 31.4 Å². The number of aromatic nitrogens is 4. The van der Waals surface area contributed by atoms with Gasteiger partial charge in [0.25, 0.3) is 5.56 Å². The highest BCUT2D eigenvalue weighted by molar-refractivity contribution is 6.30. The zero-order valence-corrected chi connectivity index (χ0v) is 16.2. The average molecular weight is 389 g/mol. The van der Waals surface area contributed by atoms with Crippen LogP contribution in [0.15, 0.2) is 33.9 Å². The van der Waals surface area contributed by atoms with Crippen LogP contribution in [0.1, 0.15) is 24.7 Å². The highest BCUT2D eigenvalue weighted by Crippen LogP contribution is 2.20. The number of benzene rings is 1. The van der Waals surface area contributed by atoms with E-state index in [1.165, 1.54) is 4.57 Å². The molecule has 3 rings (SSSR count). The lowest BCUT2D eigenvalue weighted by molar-refractivity contribution is 0.277. The van der Waals surface area contributed by atoms with Crippen molar-refractivity contribution in [2.45, 2.75) is 26.8 Å². The average Bonchev–Trinajstić information content (AvgIpc) is 2.97. The van der Waals surface area contributed by atoms with Crippen molar-refractivity contribution in [2.24, 2.45) is 7.05 Å². The number of imidazole rings is 1. The zero-order chi connectivity index (χ0) is 19.7. The number of allylic oxidation sites excluding steroid dienone is 1. The molecule has 0 bridgehead atoms. The summed E-state index contributed by atoms with van der Waals surface area (Å²) in [6, 6.07) is 7.41. The first kappa shape index (κ1) is 19.1. The van der Waals surface area contributed by atoms with E-state index in [-0.39, 0.29) is 13.2 Å². The van der Waals surface area contributed by atoms with Gasteiger partial charge in [-0.25, -0.2) is 9.78 Å². The Hall–Kier alpha value is -2.64. The van der Waals surface area contributed by atoms with E-state index >= 15 is 0 Å². The van der Waals surface area contributed by atoms with Gasteiger partial charge in [0.05, 0.1) is 0 Å². The molecule has 0 saturated heterocycles. The minimum Gasteiger partial charge on any atom is -0.396 e. The Morgan fingerprint density at radius 3 is 2.56 bits per heavy atom. The summed E-state index contributed by atoms with van der Waals surface area (Å²) < 4.78 is 4.21. The Labute approximate surface area is 160 Å². The summed E-state index contributed by atoms with van der Waals surface area (Å²) in [4.78, 5) is 29.9. The summed E-state index contributed by atoms with van der Waals surface area (Å²) in [5.74, 6) is 0.602. The summed E-state index contributed by atoms with van der Waals surface area (Å²) in [6.07, 6.45) is 2.16. The topological polar surface area (TPSA) is 82.1 Å². The van der Waals surface area contributed by atoms with Gasteiger partial charge in [-0.1, -0.05) is 23.7 Å². The van der Waals surface area contributed by atoms with Crippen molar-refractivity contribution in [3.8, 4) is 0 Å². The third kappa shape index (κ3) is 3.48. The van der Waals surface area contributed by atoms with Crippen molar-refractivity contribution in [2.75, 3.05) is 6.61 Å². The molecule has 0 aliphatic carbocycles. The molecular formula is C19H21ClN4O3. The second-order valence-corrected chi connectivity index (χ2v) is 6.83. The van der Waals surface area contributed by atoms with E-state index in [4.69, 9.17) is 16.7 Å². The Balaban J connectivity index is 2.24. The first-order valence-corrected chi connectivity index (χ1v) is 8.96. The van der Waals surface area contributed by atoms with E-state index in [9.17, 15) is 9.59 Å². The van der Waals surface area contributed by atoms with Gasteiger partial charge in [-0.3, -0.25) is 18.5 Å². The van der Waals surface area contributed by atoms with Gasteiger partial charge in [0.1, 0.15) is 5.82 Å². The summed E-state index contributed by atoms with van der Waals surface area (Å²) in [5, 5.41) is 9.71. The van der Waals surface area contributed by atoms with E-state index in [0.717, 1.165) is 15.7 Å². The summed E-state index contributed by atoms with van der Waals surface area (Å²) >= 11 is 5.95. The van der Waals surface area contributed by atoms with Crippen LogP contribution >= 0.6 is 11.6 Å². The number of nitrogens with zero attached hydrogens (tertiary/aromatic N) is 4. The van der Waals surface area contributed by atoms with Gasteiger partial charge in [-0.05, 0) is 43.5 Å². The molecule has 8 heteroatoms. The fraction of sp³-hybridized carbons (Fsp3) is 0.316. The summed E-state index contributed by atoms with van der Waals surface area (Å²) in [7, 11) is 1.59. The van der Waals surface area contributed by atoms with E-state index in [1.807, 2.05) is 25.3 Å². The number of fused-ring (bicyclic) bond motifs is 1. The first-order chi connectivity index (χ1) is 12.8. The molecule has 7 nitrogen and oxygen atoms in total. The molecule has 142 valence electrons. The molecule has 0 aliphatic rings. The molecule has 0 spiro atoms. The highest BCUT2D eigenvalue weighted by atomic mass is 35.5. The predicted octanol–water partition coefficient (Wildman–Crippen LogP) is 2.26. The normalized spacial score (nSPS) is 12.1. The molecule has 0 radical (unpaired) electrons. The molecule has 27 heavy (non-hydrogen) atoms. The fourth-order valence-corrected chi connectivity index (χ4v) is 3.14. The number of aliphatic hydroxyl groups is 1. The van der Waals surface area contributed by atoms with Crippen LogP contribution in [0.25, 0.3) is 22.9 Å². The van der Waals surface area contributed by atoms with Crippen LogP contribution in [0.2, 0.25) is 5.02 Å². The Morgan fingerprint density at radius 1 is 1.26 bits per heavy atom. The molecule has 0 atom stereocenters. The van der Waals surface area contributed by atoms with Crippen LogP contribution in [-0.2, 0) is 13.6 Å². The first-order valence-electron chi connectivity index (χ1n) is 8.58. The lowest BCUT2D eigenvalue weighted by Gasteiger charge is -2.09. The van der Waals surface area contributed by atoms with E-state index < -0.39 is 11.2 Å². The van der Waals surface area contributed by atoms with Gasteiger partial charge in [0.15, 0.2) is 11.2 Å². The Morgan fingerprint density at radius 2 is 1.93 bits per heavy atom. The quantitative estimate of drug-likeness (QED) is 0.726. The van der Waals surface area contributed by atoms with Gasteiger partial charge in [0.2, 0.25) is 0 Å². The van der Waals surface area contributed by atoms with Crippen LogP contribution < -0.4 is 11.2 Å². The Bertz CT molecular complexity index is 1140.